The average Bonchev–Trinajstić information content (AvgIpc) is 2.72. The van der Waals surface area contributed by atoms with Crippen molar-refractivity contribution in [2.24, 2.45) is 5.73 Å². The van der Waals surface area contributed by atoms with Crippen LogP contribution < -0.4 is 10.5 Å². The van der Waals surface area contributed by atoms with Gasteiger partial charge in [0.15, 0.2) is 0 Å². The second kappa shape index (κ2) is 12.0. The van der Waals surface area contributed by atoms with E-state index in [4.69, 9.17) is 20.7 Å². The lowest BCUT2D eigenvalue weighted by molar-refractivity contribution is -0.134. The molecule has 7 nitrogen and oxygen atoms in total. The van der Waals surface area contributed by atoms with Crippen molar-refractivity contribution in [1.82, 2.24) is 4.98 Å². The van der Waals surface area contributed by atoms with E-state index in [-0.39, 0.29) is 12.1 Å². The summed E-state index contributed by atoms with van der Waals surface area (Å²) in [6, 6.07) is 16.6. The van der Waals surface area contributed by atoms with Crippen molar-refractivity contribution in [3.63, 3.8) is 0 Å². The predicted molar refractivity (Wildman–Crippen MR) is 127 cm³/mol. The van der Waals surface area contributed by atoms with E-state index < -0.39 is 11.9 Å². The number of carbonyl (C=O) groups is 2. The number of pyridine rings is 1. The van der Waals surface area contributed by atoms with Crippen LogP contribution in [-0.4, -0.2) is 33.2 Å². The smallest absolute Gasteiger partial charge is 0.328 e. The lowest BCUT2D eigenvalue weighted by Gasteiger charge is -2.22. The number of benzene rings is 2. The summed E-state index contributed by atoms with van der Waals surface area (Å²) in [5.41, 5.74) is 7.12. The number of aliphatic carboxylic acids is 2. The average molecular weight is 534 g/mol. The molecule has 1 aromatic heterocycles. The molecule has 3 rings (SSSR count). The Hall–Kier alpha value is -2.98. The zero-order valence-electron chi connectivity index (χ0n) is 16.8. The molecule has 0 amide bonds. The quantitative estimate of drug-likeness (QED) is 0.303. The molecule has 31 heavy (non-hydrogen) atoms. The van der Waals surface area contributed by atoms with E-state index >= 15 is 0 Å². The molecule has 8 heteroatoms. The molecular weight excluding hydrogens is 511 g/mol. The predicted octanol–water partition coefficient (Wildman–Crippen LogP) is 4.41. The molecule has 0 radical (unpaired) electrons. The maximum atomic E-state index is 9.55. The maximum Gasteiger partial charge on any atom is 0.328 e. The number of halogens is 1. The van der Waals surface area contributed by atoms with Crippen molar-refractivity contribution in [2.45, 2.75) is 25.5 Å². The molecule has 162 valence electrons. The Morgan fingerprint density at radius 1 is 1.10 bits per heavy atom. The van der Waals surface area contributed by atoms with Gasteiger partial charge in [0.25, 0.3) is 0 Å². The van der Waals surface area contributed by atoms with Crippen molar-refractivity contribution in [2.75, 3.05) is 0 Å². The van der Waals surface area contributed by atoms with E-state index in [0.717, 1.165) is 23.1 Å². The Labute approximate surface area is 193 Å². The van der Waals surface area contributed by atoms with Gasteiger partial charge in [0, 0.05) is 46.0 Å². The van der Waals surface area contributed by atoms with Crippen molar-refractivity contribution < 1.29 is 24.5 Å². The summed E-state index contributed by atoms with van der Waals surface area (Å²) in [4.78, 5) is 23.2. The van der Waals surface area contributed by atoms with Gasteiger partial charge in [0.05, 0.1) is 0 Å². The molecule has 2 aromatic carbocycles. The van der Waals surface area contributed by atoms with Gasteiger partial charge >= 0.3 is 11.9 Å². The first-order valence-corrected chi connectivity index (χ1v) is 10.5. The number of rotatable bonds is 7. The first-order chi connectivity index (χ1) is 14.8. The second-order valence-electron chi connectivity index (χ2n) is 6.73. The van der Waals surface area contributed by atoms with Crippen LogP contribution in [0.4, 0.5) is 0 Å². The highest BCUT2D eigenvalue weighted by Crippen LogP contribution is 2.32. The third kappa shape index (κ3) is 8.35. The van der Waals surface area contributed by atoms with Crippen LogP contribution in [0.3, 0.4) is 0 Å². The summed E-state index contributed by atoms with van der Waals surface area (Å²) in [6.45, 7) is 2.00. The topological polar surface area (TPSA) is 123 Å². The Bertz CT molecular complexity index is 1040. The Morgan fingerprint density at radius 3 is 2.32 bits per heavy atom. The molecule has 3 aromatic rings. The molecule has 0 spiro atoms. The summed E-state index contributed by atoms with van der Waals surface area (Å²) in [5.74, 6) is -1.62. The van der Waals surface area contributed by atoms with E-state index in [9.17, 15) is 9.59 Å². The number of carboxylic acids is 2. The fraction of sp³-hybridized carbons (Fsp3) is 0.174. The van der Waals surface area contributed by atoms with Gasteiger partial charge in [-0.2, -0.15) is 0 Å². The number of hydrogen-bond acceptors (Lipinski definition) is 5. The molecule has 2 unspecified atom stereocenters. The van der Waals surface area contributed by atoms with E-state index in [1.54, 1.807) is 12.4 Å². The molecule has 0 aliphatic rings. The first kappa shape index (κ1) is 24.3. The van der Waals surface area contributed by atoms with Crippen LogP contribution in [0.1, 0.15) is 25.0 Å². The number of fused-ring (bicyclic) bond motifs is 1. The van der Waals surface area contributed by atoms with Gasteiger partial charge in [-0.1, -0.05) is 12.1 Å². The highest BCUT2D eigenvalue weighted by Gasteiger charge is 2.16. The summed E-state index contributed by atoms with van der Waals surface area (Å²) in [5, 5.41) is 17.9. The lowest BCUT2D eigenvalue weighted by Crippen LogP contribution is -2.21. The lowest BCUT2D eigenvalue weighted by atomic mass is 10.0. The molecule has 1 heterocycles. The van der Waals surface area contributed by atoms with Crippen LogP contribution in [0.25, 0.3) is 10.8 Å². The number of aromatic nitrogens is 1. The van der Waals surface area contributed by atoms with Crippen molar-refractivity contribution in [1.29, 1.82) is 0 Å². The molecule has 4 N–H and O–H groups in total. The first-order valence-electron chi connectivity index (χ1n) is 9.40. The minimum atomic E-state index is -1.26. The minimum Gasteiger partial charge on any atom is -0.485 e. The molecule has 2 atom stereocenters. The van der Waals surface area contributed by atoms with Gasteiger partial charge in [0.2, 0.25) is 0 Å². The minimum absolute atomic E-state index is 0.0593. The number of carboxylic acid groups (broad SMARTS) is 2. The molecule has 0 aliphatic heterocycles. The zero-order valence-corrected chi connectivity index (χ0v) is 19.0. The Balaban J connectivity index is 0.000000366. The second-order valence-corrected chi connectivity index (χ2v) is 7.98. The van der Waals surface area contributed by atoms with Gasteiger partial charge < -0.3 is 20.7 Å². The van der Waals surface area contributed by atoms with Crippen LogP contribution in [0, 0.1) is 3.57 Å². The third-order valence-electron chi connectivity index (χ3n) is 4.10. The zero-order chi connectivity index (χ0) is 22.8. The fourth-order valence-corrected chi connectivity index (χ4v) is 3.31. The standard InChI is InChI=1S/C19H19IN2O.C4H4O4/c1-13(21)11-19(14-7-9-22-10-8-14)23-18-4-2-3-15-12-16(20)5-6-17(15)18;5-3(6)1-2-4(7)8/h2-10,12-13,19H,11,21H2,1H3;1-2H,(H,5,6)(H,7,8). The highest BCUT2D eigenvalue weighted by molar-refractivity contribution is 14.1. The number of nitrogens with two attached hydrogens (primary N) is 1. The molecule has 0 aliphatic carbocycles. The van der Waals surface area contributed by atoms with E-state index in [0.29, 0.717) is 12.2 Å². The van der Waals surface area contributed by atoms with Gasteiger partial charge in [0.1, 0.15) is 11.9 Å². The highest BCUT2D eigenvalue weighted by atomic mass is 127. The van der Waals surface area contributed by atoms with E-state index in [1.165, 1.54) is 8.96 Å². The molecule has 0 saturated heterocycles. The monoisotopic (exact) mass is 534 g/mol. The van der Waals surface area contributed by atoms with Crippen molar-refractivity contribution >= 4 is 45.3 Å². The van der Waals surface area contributed by atoms with E-state index in [1.807, 2.05) is 31.2 Å². The summed E-state index contributed by atoms with van der Waals surface area (Å²) in [6.07, 6.45) is 5.37. The molecule has 0 saturated carbocycles. The third-order valence-corrected chi connectivity index (χ3v) is 4.77. The Kier molecular flexibility index (Phi) is 9.41. The van der Waals surface area contributed by atoms with Gasteiger partial charge in [-0.15, -0.1) is 0 Å². The molecule has 0 fully saturated rings. The van der Waals surface area contributed by atoms with Crippen LogP contribution in [0.15, 0.2) is 73.1 Å². The Morgan fingerprint density at radius 2 is 1.74 bits per heavy atom. The summed E-state index contributed by atoms with van der Waals surface area (Å²) >= 11 is 2.33. The van der Waals surface area contributed by atoms with Crippen LogP contribution in [0.5, 0.6) is 5.75 Å². The number of ether oxygens (including phenoxy) is 1. The summed E-state index contributed by atoms with van der Waals surface area (Å²) < 4.78 is 7.57. The van der Waals surface area contributed by atoms with Crippen LogP contribution in [-0.2, 0) is 9.59 Å². The number of nitrogens with zero attached hydrogens (tertiary/aromatic N) is 1. The normalized spacial score (nSPS) is 12.6. The van der Waals surface area contributed by atoms with Crippen LogP contribution >= 0.6 is 22.6 Å². The number of hydrogen-bond donors (Lipinski definition) is 3. The fourth-order valence-electron chi connectivity index (χ4n) is 2.79. The van der Waals surface area contributed by atoms with Gasteiger partial charge in [-0.05, 0) is 76.9 Å². The van der Waals surface area contributed by atoms with Crippen LogP contribution in [0.2, 0.25) is 0 Å². The summed E-state index contributed by atoms with van der Waals surface area (Å²) in [7, 11) is 0. The van der Waals surface area contributed by atoms with Gasteiger partial charge in [-0.3, -0.25) is 4.98 Å². The van der Waals surface area contributed by atoms with Crippen molar-refractivity contribution in [3.8, 4) is 5.75 Å². The molecule has 0 bridgehead atoms. The van der Waals surface area contributed by atoms with Crippen molar-refractivity contribution in [3.05, 3.63) is 82.2 Å². The largest absolute Gasteiger partial charge is 0.485 e. The maximum absolute atomic E-state index is 9.55. The van der Waals surface area contributed by atoms with E-state index in [2.05, 4.69) is 51.8 Å². The van der Waals surface area contributed by atoms with Gasteiger partial charge in [-0.25, -0.2) is 9.59 Å². The SMILES string of the molecule is CC(N)CC(Oc1cccc2cc(I)ccc12)c1ccncc1.O=C(O)C=CC(=O)O. The molecular formula is C23H23IN2O5.